The summed E-state index contributed by atoms with van der Waals surface area (Å²) >= 11 is 6.89. The third kappa shape index (κ3) is 3.15. The molecule has 0 N–H and O–H groups in total. The SMILES string of the molecule is COC(=O)c1cccnc1Sc1cnc(Cl)cc1C=O. The average molecular weight is 309 g/mol. The summed E-state index contributed by atoms with van der Waals surface area (Å²) in [6.45, 7) is 0. The maximum Gasteiger partial charge on any atom is 0.340 e. The molecule has 0 radical (unpaired) electrons. The Hall–Kier alpha value is -1.92. The van der Waals surface area contributed by atoms with Gasteiger partial charge in [-0.2, -0.15) is 0 Å². The van der Waals surface area contributed by atoms with Crippen molar-refractivity contribution in [1.82, 2.24) is 9.97 Å². The zero-order valence-corrected chi connectivity index (χ0v) is 11.9. The molecule has 0 aliphatic carbocycles. The number of nitrogens with zero attached hydrogens (tertiary/aromatic N) is 2. The first-order valence-electron chi connectivity index (χ1n) is 5.47. The number of rotatable bonds is 4. The molecule has 0 saturated carbocycles. The van der Waals surface area contributed by atoms with E-state index in [0.29, 0.717) is 27.3 Å². The van der Waals surface area contributed by atoms with Crippen LogP contribution in [0.3, 0.4) is 0 Å². The van der Waals surface area contributed by atoms with Crippen molar-refractivity contribution < 1.29 is 14.3 Å². The number of methoxy groups -OCH3 is 1. The Morgan fingerprint density at radius 1 is 1.45 bits per heavy atom. The summed E-state index contributed by atoms with van der Waals surface area (Å²) in [5.74, 6) is -0.491. The van der Waals surface area contributed by atoms with Gasteiger partial charge in [-0.25, -0.2) is 14.8 Å². The minimum absolute atomic E-state index is 0.227. The van der Waals surface area contributed by atoms with Crippen molar-refractivity contribution >= 4 is 35.6 Å². The molecule has 0 aromatic carbocycles. The van der Waals surface area contributed by atoms with E-state index in [4.69, 9.17) is 16.3 Å². The van der Waals surface area contributed by atoms with Crippen LogP contribution in [0.2, 0.25) is 5.15 Å². The number of pyridine rings is 2. The van der Waals surface area contributed by atoms with Gasteiger partial charge in [0.2, 0.25) is 0 Å². The number of ether oxygens (including phenoxy) is 1. The quantitative estimate of drug-likeness (QED) is 0.491. The van der Waals surface area contributed by atoms with Gasteiger partial charge in [0, 0.05) is 22.9 Å². The second kappa shape index (κ2) is 6.49. The summed E-state index contributed by atoms with van der Waals surface area (Å²) < 4.78 is 4.69. The number of aldehydes is 1. The molecule has 0 bridgehead atoms. The predicted octanol–water partition coefficient (Wildman–Crippen LogP) is 2.88. The first-order chi connectivity index (χ1) is 9.65. The maximum absolute atomic E-state index is 11.7. The molecule has 0 saturated heterocycles. The van der Waals surface area contributed by atoms with Crippen molar-refractivity contribution in [3.05, 3.63) is 46.9 Å². The topological polar surface area (TPSA) is 69.2 Å². The fourth-order valence-corrected chi connectivity index (χ4v) is 2.53. The zero-order valence-electron chi connectivity index (χ0n) is 10.4. The molecule has 0 unspecified atom stereocenters. The van der Waals surface area contributed by atoms with Gasteiger partial charge in [-0.3, -0.25) is 4.79 Å². The molecule has 0 atom stereocenters. The van der Waals surface area contributed by atoms with E-state index >= 15 is 0 Å². The summed E-state index contributed by atoms with van der Waals surface area (Å²) in [5.41, 5.74) is 0.711. The highest BCUT2D eigenvalue weighted by atomic mass is 35.5. The van der Waals surface area contributed by atoms with Crippen LogP contribution in [0.15, 0.2) is 40.5 Å². The van der Waals surface area contributed by atoms with Crippen LogP contribution in [0.25, 0.3) is 0 Å². The Bertz CT molecular complexity index is 664. The van der Waals surface area contributed by atoms with E-state index < -0.39 is 5.97 Å². The van der Waals surface area contributed by atoms with Crippen molar-refractivity contribution in [2.45, 2.75) is 9.92 Å². The highest BCUT2D eigenvalue weighted by molar-refractivity contribution is 7.99. The standard InChI is InChI=1S/C13H9ClN2O3S/c1-19-13(18)9-3-2-4-15-12(9)20-10-6-16-11(14)5-8(10)7-17/h2-7H,1H3. The average Bonchev–Trinajstić information content (AvgIpc) is 2.48. The van der Waals surface area contributed by atoms with Crippen LogP contribution >= 0.6 is 23.4 Å². The molecule has 2 heterocycles. The van der Waals surface area contributed by atoms with E-state index in [1.807, 2.05) is 0 Å². The normalized spacial score (nSPS) is 10.1. The summed E-state index contributed by atoms with van der Waals surface area (Å²) in [7, 11) is 1.30. The molecule has 2 aromatic rings. The van der Waals surface area contributed by atoms with Crippen molar-refractivity contribution in [3.8, 4) is 0 Å². The van der Waals surface area contributed by atoms with Crippen molar-refractivity contribution in [1.29, 1.82) is 0 Å². The lowest BCUT2D eigenvalue weighted by Gasteiger charge is -2.07. The molecule has 102 valence electrons. The predicted molar refractivity (Wildman–Crippen MR) is 74.3 cm³/mol. The Kier molecular flexibility index (Phi) is 4.70. The minimum Gasteiger partial charge on any atom is -0.465 e. The molecule has 0 spiro atoms. The van der Waals surface area contributed by atoms with Gasteiger partial charge in [0.15, 0.2) is 6.29 Å². The van der Waals surface area contributed by atoms with E-state index in [9.17, 15) is 9.59 Å². The first kappa shape index (κ1) is 14.5. The highest BCUT2D eigenvalue weighted by Crippen LogP contribution is 2.31. The molecule has 2 aromatic heterocycles. The zero-order chi connectivity index (χ0) is 14.5. The maximum atomic E-state index is 11.7. The van der Waals surface area contributed by atoms with Gasteiger partial charge in [0.1, 0.15) is 10.2 Å². The molecule has 0 aliphatic rings. The molecule has 0 fully saturated rings. The first-order valence-corrected chi connectivity index (χ1v) is 6.67. The fourth-order valence-electron chi connectivity index (χ4n) is 1.45. The Morgan fingerprint density at radius 2 is 2.25 bits per heavy atom. The van der Waals surface area contributed by atoms with Crippen molar-refractivity contribution in [2.24, 2.45) is 0 Å². The molecule has 0 amide bonds. The lowest BCUT2D eigenvalue weighted by Crippen LogP contribution is -2.04. The van der Waals surface area contributed by atoms with Gasteiger partial charge in [-0.1, -0.05) is 23.4 Å². The monoisotopic (exact) mass is 308 g/mol. The lowest BCUT2D eigenvalue weighted by molar-refractivity contribution is 0.0595. The van der Waals surface area contributed by atoms with Crippen LogP contribution in [-0.2, 0) is 4.74 Å². The number of carbonyl (C=O) groups excluding carboxylic acids is 2. The minimum atomic E-state index is -0.491. The molecule has 7 heteroatoms. The number of hydrogen-bond acceptors (Lipinski definition) is 6. The molecular weight excluding hydrogens is 300 g/mol. The van der Waals surface area contributed by atoms with Gasteiger partial charge < -0.3 is 4.74 Å². The lowest BCUT2D eigenvalue weighted by atomic mass is 10.3. The van der Waals surface area contributed by atoms with Crippen LogP contribution in [-0.4, -0.2) is 29.3 Å². The molecule has 0 aliphatic heterocycles. The summed E-state index contributed by atoms with van der Waals surface area (Å²) in [5, 5.41) is 0.664. The van der Waals surface area contributed by atoms with Gasteiger partial charge in [0.25, 0.3) is 0 Å². The van der Waals surface area contributed by atoms with Crippen LogP contribution < -0.4 is 0 Å². The van der Waals surface area contributed by atoms with E-state index in [2.05, 4.69) is 9.97 Å². The molecule has 2 rings (SSSR count). The Labute approximate surface area is 124 Å². The van der Waals surface area contributed by atoms with Crippen LogP contribution in [0.5, 0.6) is 0 Å². The van der Waals surface area contributed by atoms with E-state index in [1.165, 1.54) is 19.4 Å². The highest BCUT2D eigenvalue weighted by Gasteiger charge is 2.15. The summed E-state index contributed by atoms with van der Waals surface area (Å²) in [6.07, 6.45) is 3.70. The summed E-state index contributed by atoms with van der Waals surface area (Å²) in [6, 6.07) is 4.69. The van der Waals surface area contributed by atoms with Crippen LogP contribution in [0.4, 0.5) is 0 Å². The molecule has 5 nitrogen and oxygen atoms in total. The van der Waals surface area contributed by atoms with Crippen molar-refractivity contribution in [2.75, 3.05) is 7.11 Å². The van der Waals surface area contributed by atoms with Gasteiger partial charge in [-0.05, 0) is 18.2 Å². The molecule has 20 heavy (non-hydrogen) atoms. The van der Waals surface area contributed by atoms with E-state index in [1.54, 1.807) is 18.3 Å². The Morgan fingerprint density at radius 3 is 2.95 bits per heavy atom. The third-order valence-electron chi connectivity index (χ3n) is 2.37. The number of aromatic nitrogens is 2. The number of carbonyl (C=O) groups is 2. The van der Waals surface area contributed by atoms with Gasteiger partial charge in [0.05, 0.1) is 12.7 Å². The van der Waals surface area contributed by atoms with E-state index in [-0.39, 0.29) is 5.15 Å². The number of hydrogen-bond donors (Lipinski definition) is 0. The number of halogens is 1. The fraction of sp³-hybridized carbons (Fsp3) is 0.0769. The second-order valence-electron chi connectivity index (χ2n) is 3.61. The van der Waals surface area contributed by atoms with Gasteiger partial charge in [-0.15, -0.1) is 0 Å². The molecular formula is C13H9ClN2O3S. The number of esters is 1. The largest absolute Gasteiger partial charge is 0.465 e. The van der Waals surface area contributed by atoms with Gasteiger partial charge >= 0.3 is 5.97 Å². The smallest absolute Gasteiger partial charge is 0.340 e. The second-order valence-corrected chi connectivity index (χ2v) is 5.03. The van der Waals surface area contributed by atoms with Crippen LogP contribution in [0, 0.1) is 0 Å². The van der Waals surface area contributed by atoms with Crippen molar-refractivity contribution in [3.63, 3.8) is 0 Å². The summed E-state index contributed by atoms with van der Waals surface area (Å²) in [4.78, 5) is 31.3. The third-order valence-corrected chi connectivity index (χ3v) is 3.66. The Balaban J connectivity index is 2.40. The van der Waals surface area contributed by atoms with E-state index in [0.717, 1.165) is 11.8 Å². The van der Waals surface area contributed by atoms with Crippen LogP contribution in [0.1, 0.15) is 20.7 Å².